The first-order valence-corrected chi connectivity index (χ1v) is 7.82. The van der Waals surface area contributed by atoms with Crippen LogP contribution < -0.4 is 5.32 Å². The summed E-state index contributed by atoms with van der Waals surface area (Å²) < 4.78 is 0. The number of carbonyl (C=O) groups is 2. The summed E-state index contributed by atoms with van der Waals surface area (Å²) in [6.45, 7) is 4.21. The maximum atomic E-state index is 13.0. The summed E-state index contributed by atoms with van der Waals surface area (Å²) in [6.07, 6.45) is 5.96. The number of nitrogens with zero attached hydrogens (tertiary/aromatic N) is 1. The molecule has 0 aromatic carbocycles. The Labute approximate surface area is 120 Å². The van der Waals surface area contributed by atoms with Gasteiger partial charge in [-0.2, -0.15) is 0 Å². The van der Waals surface area contributed by atoms with Gasteiger partial charge >= 0.3 is 5.97 Å². The van der Waals surface area contributed by atoms with Crippen molar-refractivity contribution < 1.29 is 14.7 Å². The highest BCUT2D eigenvalue weighted by Crippen LogP contribution is 2.37. The first-order chi connectivity index (χ1) is 9.59. The minimum absolute atomic E-state index is 0.0534. The summed E-state index contributed by atoms with van der Waals surface area (Å²) >= 11 is 0. The molecule has 0 bridgehead atoms. The van der Waals surface area contributed by atoms with Crippen molar-refractivity contribution in [2.24, 2.45) is 5.41 Å². The SMILES string of the molecule is CCCC1(C(=O)N(CCC(=O)O)C2CC2)CCCNC1. The lowest BCUT2D eigenvalue weighted by Crippen LogP contribution is -2.52. The van der Waals surface area contributed by atoms with E-state index < -0.39 is 5.97 Å². The van der Waals surface area contributed by atoms with Gasteiger partial charge in [0, 0.05) is 19.1 Å². The molecule has 0 aromatic heterocycles. The summed E-state index contributed by atoms with van der Waals surface area (Å²) in [5, 5.41) is 12.2. The van der Waals surface area contributed by atoms with Gasteiger partial charge in [0.1, 0.15) is 0 Å². The molecule has 1 saturated heterocycles. The number of amides is 1. The number of aliphatic carboxylic acids is 1. The van der Waals surface area contributed by atoms with Crippen LogP contribution in [0.4, 0.5) is 0 Å². The molecule has 1 aliphatic carbocycles. The number of hydrogen-bond donors (Lipinski definition) is 2. The van der Waals surface area contributed by atoms with Crippen LogP contribution in [0.25, 0.3) is 0 Å². The lowest BCUT2D eigenvalue weighted by molar-refractivity contribution is -0.146. The first-order valence-electron chi connectivity index (χ1n) is 7.82. The minimum atomic E-state index is -0.824. The van der Waals surface area contributed by atoms with Crippen molar-refractivity contribution in [2.75, 3.05) is 19.6 Å². The smallest absolute Gasteiger partial charge is 0.305 e. The molecular formula is C15H26N2O3. The van der Waals surface area contributed by atoms with E-state index in [1.54, 1.807) is 0 Å². The van der Waals surface area contributed by atoms with E-state index in [2.05, 4.69) is 12.2 Å². The Morgan fingerprint density at radius 1 is 1.40 bits per heavy atom. The molecule has 5 heteroatoms. The number of piperidine rings is 1. The number of hydrogen-bond acceptors (Lipinski definition) is 3. The second-order valence-electron chi connectivity index (χ2n) is 6.18. The van der Waals surface area contributed by atoms with Crippen LogP contribution in [-0.4, -0.2) is 47.6 Å². The van der Waals surface area contributed by atoms with Crippen LogP contribution in [0.3, 0.4) is 0 Å². The number of carboxylic acid groups (broad SMARTS) is 1. The third kappa shape index (κ3) is 3.51. The average Bonchev–Trinajstić information content (AvgIpc) is 3.24. The van der Waals surface area contributed by atoms with Gasteiger partial charge in [0.25, 0.3) is 0 Å². The Kier molecular flexibility index (Phi) is 5.02. The van der Waals surface area contributed by atoms with Crippen molar-refractivity contribution >= 4 is 11.9 Å². The quantitative estimate of drug-likeness (QED) is 0.744. The summed E-state index contributed by atoms with van der Waals surface area (Å²) in [7, 11) is 0. The predicted molar refractivity (Wildman–Crippen MR) is 76.4 cm³/mol. The highest BCUT2D eigenvalue weighted by molar-refractivity contribution is 5.84. The van der Waals surface area contributed by atoms with Crippen LogP contribution in [-0.2, 0) is 9.59 Å². The fourth-order valence-corrected chi connectivity index (χ4v) is 3.31. The zero-order valence-electron chi connectivity index (χ0n) is 12.4. The summed E-state index contributed by atoms with van der Waals surface area (Å²) in [5.41, 5.74) is -0.298. The fraction of sp³-hybridized carbons (Fsp3) is 0.867. The molecule has 1 unspecified atom stereocenters. The molecule has 1 saturated carbocycles. The lowest BCUT2D eigenvalue weighted by Gasteiger charge is -2.40. The maximum absolute atomic E-state index is 13.0. The van der Waals surface area contributed by atoms with Crippen molar-refractivity contribution in [3.05, 3.63) is 0 Å². The summed E-state index contributed by atoms with van der Waals surface area (Å²) in [5.74, 6) is -0.634. The van der Waals surface area contributed by atoms with E-state index in [4.69, 9.17) is 5.11 Å². The Hall–Kier alpha value is -1.10. The molecular weight excluding hydrogens is 256 g/mol. The van der Waals surface area contributed by atoms with Crippen LogP contribution in [0.15, 0.2) is 0 Å². The normalized spacial score (nSPS) is 26.2. The van der Waals surface area contributed by atoms with E-state index >= 15 is 0 Å². The molecule has 2 aliphatic rings. The van der Waals surface area contributed by atoms with Gasteiger partial charge in [-0.15, -0.1) is 0 Å². The molecule has 1 amide bonds. The van der Waals surface area contributed by atoms with Gasteiger partial charge in [-0.1, -0.05) is 13.3 Å². The van der Waals surface area contributed by atoms with Gasteiger partial charge in [-0.05, 0) is 38.6 Å². The zero-order chi connectivity index (χ0) is 14.6. The van der Waals surface area contributed by atoms with Crippen LogP contribution >= 0.6 is 0 Å². The van der Waals surface area contributed by atoms with Crippen LogP contribution in [0.2, 0.25) is 0 Å². The monoisotopic (exact) mass is 282 g/mol. The van der Waals surface area contributed by atoms with Crippen molar-refractivity contribution in [3.8, 4) is 0 Å². The molecule has 2 rings (SSSR count). The lowest BCUT2D eigenvalue weighted by atomic mass is 9.75. The highest BCUT2D eigenvalue weighted by atomic mass is 16.4. The zero-order valence-corrected chi connectivity index (χ0v) is 12.4. The van der Waals surface area contributed by atoms with Gasteiger partial charge in [0.2, 0.25) is 5.91 Å². The van der Waals surface area contributed by atoms with Gasteiger partial charge in [0.15, 0.2) is 0 Å². The van der Waals surface area contributed by atoms with Gasteiger partial charge < -0.3 is 15.3 Å². The van der Waals surface area contributed by atoms with Crippen molar-refractivity contribution in [1.82, 2.24) is 10.2 Å². The molecule has 1 atom stereocenters. The van der Waals surface area contributed by atoms with E-state index in [-0.39, 0.29) is 23.8 Å². The number of rotatable bonds is 7. The molecule has 2 fully saturated rings. The molecule has 114 valence electrons. The molecule has 0 aromatic rings. The van der Waals surface area contributed by atoms with E-state index in [0.29, 0.717) is 6.54 Å². The van der Waals surface area contributed by atoms with Gasteiger partial charge in [0.05, 0.1) is 11.8 Å². The van der Waals surface area contributed by atoms with Gasteiger partial charge in [-0.25, -0.2) is 0 Å². The van der Waals surface area contributed by atoms with Crippen LogP contribution in [0.1, 0.15) is 51.9 Å². The van der Waals surface area contributed by atoms with E-state index in [0.717, 1.165) is 51.6 Å². The topological polar surface area (TPSA) is 69.6 Å². The Morgan fingerprint density at radius 2 is 2.15 bits per heavy atom. The fourth-order valence-electron chi connectivity index (χ4n) is 3.31. The molecule has 0 radical (unpaired) electrons. The number of nitrogens with one attached hydrogen (secondary N) is 1. The second kappa shape index (κ2) is 6.57. The highest BCUT2D eigenvalue weighted by Gasteiger charge is 2.45. The molecule has 1 heterocycles. The van der Waals surface area contributed by atoms with Crippen LogP contribution in [0.5, 0.6) is 0 Å². The Bertz CT molecular complexity index is 355. The maximum Gasteiger partial charge on any atom is 0.305 e. The molecule has 2 N–H and O–H groups in total. The Balaban J connectivity index is 2.08. The number of carboxylic acids is 1. The average molecular weight is 282 g/mol. The number of carbonyl (C=O) groups excluding carboxylic acids is 1. The minimum Gasteiger partial charge on any atom is -0.481 e. The van der Waals surface area contributed by atoms with Gasteiger partial charge in [-0.3, -0.25) is 9.59 Å². The molecule has 0 spiro atoms. The van der Waals surface area contributed by atoms with Crippen molar-refractivity contribution in [2.45, 2.75) is 57.9 Å². The predicted octanol–water partition coefficient (Wildman–Crippen LogP) is 1.62. The standard InChI is InChI=1S/C15H26N2O3/c1-2-7-15(8-3-9-16-11-15)14(20)17(12-4-5-12)10-6-13(18)19/h12,16H,2-11H2,1H3,(H,18,19). The second-order valence-corrected chi connectivity index (χ2v) is 6.18. The third-order valence-electron chi connectivity index (χ3n) is 4.47. The van der Waals surface area contributed by atoms with Crippen molar-refractivity contribution in [1.29, 1.82) is 0 Å². The first kappa shape index (κ1) is 15.3. The molecule has 5 nitrogen and oxygen atoms in total. The Morgan fingerprint density at radius 3 is 2.65 bits per heavy atom. The molecule has 1 aliphatic heterocycles. The van der Waals surface area contributed by atoms with Crippen molar-refractivity contribution in [3.63, 3.8) is 0 Å². The largest absolute Gasteiger partial charge is 0.481 e. The summed E-state index contributed by atoms with van der Waals surface area (Å²) in [4.78, 5) is 25.7. The third-order valence-corrected chi connectivity index (χ3v) is 4.47. The van der Waals surface area contributed by atoms with E-state index in [9.17, 15) is 9.59 Å². The van der Waals surface area contributed by atoms with E-state index in [1.807, 2.05) is 4.90 Å². The van der Waals surface area contributed by atoms with Crippen LogP contribution in [0, 0.1) is 5.41 Å². The summed E-state index contributed by atoms with van der Waals surface area (Å²) in [6, 6.07) is 0.289. The molecule has 20 heavy (non-hydrogen) atoms. The van der Waals surface area contributed by atoms with E-state index in [1.165, 1.54) is 0 Å².